The second kappa shape index (κ2) is 5.36. The Bertz CT molecular complexity index is 650. The van der Waals surface area contributed by atoms with Gasteiger partial charge in [0.05, 0.1) is 11.1 Å². The molecule has 0 saturated heterocycles. The summed E-state index contributed by atoms with van der Waals surface area (Å²) in [5.41, 5.74) is -1.96. The third-order valence-corrected chi connectivity index (χ3v) is 3.08. The van der Waals surface area contributed by atoms with E-state index in [0.717, 1.165) is 6.07 Å². The van der Waals surface area contributed by atoms with Crippen LogP contribution in [0.25, 0.3) is 0 Å². The maximum Gasteiger partial charge on any atom is 0.419 e. The van der Waals surface area contributed by atoms with Gasteiger partial charge in [-0.15, -0.1) is 0 Å². The lowest BCUT2D eigenvalue weighted by Crippen LogP contribution is -2.13. The van der Waals surface area contributed by atoms with Gasteiger partial charge in [0.1, 0.15) is 5.82 Å². The average Bonchev–Trinajstić information content (AvgIpc) is 2.40. The molecule has 104 valence electrons. The van der Waals surface area contributed by atoms with E-state index >= 15 is 0 Å². The molecule has 6 heteroatoms. The van der Waals surface area contributed by atoms with Crippen molar-refractivity contribution in [2.75, 3.05) is 0 Å². The first-order valence-corrected chi connectivity index (χ1v) is 6.26. The number of hydrogen-bond donors (Lipinski definition) is 0. The number of carbonyl (C=O) groups excluding carboxylic acids is 1. The van der Waals surface area contributed by atoms with Crippen molar-refractivity contribution in [3.8, 4) is 0 Å². The molecule has 0 heterocycles. The molecule has 1 nitrogen and oxygen atoms in total. The molecule has 0 amide bonds. The molecule has 0 aliphatic rings. The summed E-state index contributed by atoms with van der Waals surface area (Å²) in [5.74, 6) is -2.36. The predicted molar refractivity (Wildman–Crippen MR) is 69.0 cm³/mol. The van der Waals surface area contributed by atoms with Gasteiger partial charge in [-0.2, -0.15) is 13.2 Å². The van der Waals surface area contributed by atoms with Crippen molar-refractivity contribution >= 4 is 21.7 Å². The number of alkyl halides is 3. The van der Waals surface area contributed by atoms with Crippen LogP contribution in [0, 0.1) is 5.82 Å². The lowest BCUT2D eigenvalue weighted by molar-refractivity contribution is -0.140. The minimum absolute atomic E-state index is 0.00879. The van der Waals surface area contributed by atoms with Crippen LogP contribution in [-0.2, 0) is 6.18 Å². The number of rotatable bonds is 2. The summed E-state index contributed by atoms with van der Waals surface area (Å²) in [6, 6.07) is 9.22. The van der Waals surface area contributed by atoms with Crippen LogP contribution in [0.5, 0.6) is 0 Å². The van der Waals surface area contributed by atoms with Crippen LogP contribution in [0.15, 0.2) is 46.9 Å². The first kappa shape index (κ1) is 14.7. The molecule has 0 aliphatic carbocycles. The highest BCUT2D eigenvalue weighted by Crippen LogP contribution is 2.35. The maximum absolute atomic E-state index is 13.9. The van der Waals surface area contributed by atoms with Crippen LogP contribution >= 0.6 is 15.9 Å². The Morgan fingerprint density at radius 1 is 1.05 bits per heavy atom. The second-order valence-electron chi connectivity index (χ2n) is 4.01. The third kappa shape index (κ3) is 2.90. The molecule has 0 radical (unpaired) electrons. The molecule has 2 rings (SSSR count). The SMILES string of the molecule is O=C(c1ccccc1)c1cc(Br)cc(C(F)(F)F)c1F. The fourth-order valence-electron chi connectivity index (χ4n) is 1.71. The van der Waals surface area contributed by atoms with Crippen molar-refractivity contribution in [2.45, 2.75) is 6.18 Å². The van der Waals surface area contributed by atoms with Gasteiger partial charge in [-0.3, -0.25) is 4.79 Å². The molecule has 20 heavy (non-hydrogen) atoms. The lowest BCUT2D eigenvalue weighted by Gasteiger charge is -2.11. The molecule has 0 N–H and O–H groups in total. The van der Waals surface area contributed by atoms with Gasteiger partial charge < -0.3 is 0 Å². The first-order valence-electron chi connectivity index (χ1n) is 5.46. The second-order valence-corrected chi connectivity index (χ2v) is 4.92. The van der Waals surface area contributed by atoms with Gasteiger partial charge in [-0.25, -0.2) is 4.39 Å². The number of halogens is 5. The molecule has 2 aromatic rings. The smallest absolute Gasteiger partial charge is 0.288 e. The van der Waals surface area contributed by atoms with E-state index in [9.17, 15) is 22.4 Å². The van der Waals surface area contributed by atoms with Crippen molar-refractivity contribution < 1.29 is 22.4 Å². The summed E-state index contributed by atoms with van der Waals surface area (Å²) in [5, 5.41) is 0. The molecule has 0 aromatic heterocycles. The lowest BCUT2D eigenvalue weighted by atomic mass is 10.0. The minimum atomic E-state index is -4.86. The van der Waals surface area contributed by atoms with E-state index in [1.54, 1.807) is 18.2 Å². The van der Waals surface area contributed by atoms with E-state index in [2.05, 4.69) is 15.9 Å². The van der Waals surface area contributed by atoms with Crippen molar-refractivity contribution in [3.05, 3.63) is 69.4 Å². The molecule has 2 aromatic carbocycles. The van der Waals surface area contributed by atoms with E-state index in [-0.39, 0.29) is 10.0 Å². The number of ketones is 1. The fourth-order valence-corrected chi connectivity index (χ4v) is 2.16. The quantitative estimate of drug-likeness (QED) is 0.561. The Balaban J connectivity index is 2.58. The van der Waals surface area contributed by atoms with Gasteiger partial charge in [0, 0.05) is 10.0 Å². The Hall–Kier alpha value is -1.69. The third-order valence-electron chi connectivity index (χ3n) is 2.62. The van der Waals surface area contributed by atoms with Crippen molar-refractivity contribution in [1.82, 2.24) is 0 Å². The van der Waals surface area contributed by atoms with E-state index < -0.39 is 28.9 Å². The molecule has 0 aliphatic heterocycles. The topological polar surface area (TPSA) is 17.1 Å². The molecule has 0 spiro atoms. The molecular weight excluding hydrogens is 340 g/mol. The monoisotopic (exact) mass is 346 g/mol. The van der Waals surface area contributed by atoms with E-state index in [4.69, 9.17) is 0 Å². The zero-order valence-electron chi connectivity index (χ0n) is 9.84. The van der Waals surface area contributed by atoms with Crippen LogP contribution in [0.2, 0.25) is 0 Å². The molecular formula is C14H7BrF4O. The molecule has 0 bridgehead atoms. The summed E-state index contributed by atoms with van der Waals surface area (Å²) < 4.78 is 52.0. The van der Waals surface area contributed by atoms with Crippen LogP contribution in [0.3, 0.4) is 0 Å². The first-order chi connectivity index (χ1) is 9.30. The zero-order valence-corrected chi connectivity index (χ0v) is 11.4. The average molecular weight is 347 g/mol. The van der Waals surface area contributed by atoms with Crippen molar-refractivity contribution in [3.63, 3.8) is 0 Å². The van der Waals surface area contributed by atoms with Crippen LogP contribution in [0.4, 0.5) is 17.6 Å². The van der Waals surface area contributed by atoms with Crippen LogP contribution in [-0.4, -0.2) is 5.78 Å². The standard InChI is InChI=1S/C14H7BrF4O/c15-9-6-10(12(16)11(7-9)14(17,18)19)13(20)8-4-2-1-3-5-8/h1-7H. The largest absolute Gasteiger partial charge is 0.419 e. The van der Waals surface area contributed by atoms with Crippen LogP contribution in [0.1, 0.15) is 21.5 Å². The normalized spacial score (nSPS) is 11.4. The van der Waals surface area contributed by atoms with E-state index in [1.165, 1.54) is 12.1 Å². The molecule has 0 saturated carbocycles. The van der Waals surface area contributed by atoms with Crippen molar-refractivity contribution in [2.24, 2.45) is 0 Å². The van der Waals surface area contributed by atoms with Gasteiger partial charge in [0.15, 0.2) is 5.78 Å². The van der Waals surface area contributed by atoms with Gasteiger partial charge in [0.2, 0.25) is 0 Å². The molecule has 0 fully saturated rings. The highest BCUT2D eigenvalue weighted by molar-refractivity contribution is 9.10. The predicted octanol–water partition coefficient (Wildman–Crippen LogP) is 4.84. The van der Waals surface area contributed by atoms with Gasteiger partial charge in [-0.05, 0) is 12.1 Å². The van der Waals surface area contributed by atoms with Gasteiger partial charge in [-0.1, -0.05) is 46.3 Å². The zero-order chi connectivity index (χ0) is 14.9. The fraction of sp³-hybridized carbons (Fsp3) is 0.0714. The minimum Gasteiger partial charge on any atom is -0.288 e. The molecule has 0 atom stereocenters. The molecule has 0 unspecified atom stereocenters. The Morgan fingerprint density at radius 2 is 1.65 bits per heavy atom. The number of benzene rings is 2. The summed E-state index contributed by atoms with van der Waals surface area (Å²) in [4.78, 5) is 12.1. The Labute approximate surface area is 120 Å². The maximum atomic E-state index is 13.9. The Morgan fingerprint density at radius 3 is 2.20 bits per heavy atom. The van der Waals surface area contributed by atoms with Gasteiger partial charge >= 0.3 is 6.18 Å². The van der Waals surface area contributed by atoms with E-state index in [1.807, 2.05) is 0 Å². The van der Waals surface area contributed by atoms with E-state index in [0.29, 0.717) is 6.07 Å². The number of carbonyl (C=O) groups is 1. The highest BCUT2D eigenvalue weighted by Gasteiger charge is 2.36. The summed E-state index contributed by atoms with van der Waals surface area (Å²) in [6.07, 6.45) is -4.86. The summed E-state index contributed by atoms with van der Waals surface area (Å²) >= 11 is 2.86. The van der Waals surface area contributed by atoms with Gasteiger partial charge in [0.25, 0.3) is 0 Å². The summed E-state index contributed by atoms with van der Waals surface area (Å²) in [6.45, 7) is 0. The number of hydrogen-bond acceptors (Lipinski definition) is 1. The summed E-state index contributed by atoms with van der Waals surface area (Å²) in [7, 11) is 0. The van der Waals surface area contributed by atoms with Crippen LogP contribution < -0.4 is 0 Å². The Kier molecular flexibility index (Phi) is 3.94. The highest BCUT2D eigenvalue weighted by atomic mass is 79.9. The van der Waals surface area contributed by atoms with Crippen molar-refractivity contribution in [1.29, 1.82) is 0 Å².